The quantitative estimate of drug-likeness (QED) is 0.568. The van der Waals surface area contributed by atoms with Crippen LogP contribution in [-0.2, 0) is 10.2 Å². The monoisotopic (exact) mass is 370 g/mol. The summed E-state index contributed by atoms with van der Waals surface area (Å²) in [6.45, 7) is 6.38. The molecule has 0 amide bonds. The zero-order chi connectivity index (χ0) is 18.7. The fraction of sp³-hybridized carbons (Fsp3) is 0.333. The molecule has 1 aliphatic rings. The Kier molecular flexibility index (Phi) is 5.37. The summed E-state index contributed by atoms with van der Waals surface area (Å²) in [6.07, 6.45) is 1.08. The molecule has 4 nitrogen and oxygen atoms in total. The zero-order valence-electron chi connectivity index (χ0n) is 15.2. The van der Waals surface area contributed by atoms with Crippen molar-refractivity contribution in [2.75, 3.05) is 12.4 Å². The van der Waals surface area contributed by atoms with Gasteiger partial charge >= 0.3 is 11.9 Å². The van der Waals surface area contributed by atoms with Crippen LogP contribution in [0.3, 0.4) is 0 Å². The van der Waals surface area contributed by atoms with Gasteiger partial charge in [0.25, 0.3) is 0 Å². The van der Waals surface area contributed by atoms with Gasteiger partial charge in [-0.25, -0.2) is 9.59 Å². The molecule has 1 aliphatic heterocycles. The predicted molar refractivity (Wildman–Crippen MR) is 102 cm³/mol. The molecule has 2 aromatic carbocycles. The minimum atomic E-state index is -0.560. The average Bonchev–Trinajstić information content (AvgIpc) is 2.62. The number of fused-ring (bicyclic) bond motifs is 1. The van der Waals surface area contributed by atoms with E-state index in [9.17, 15) is 9.59 Å². The van der Waals surface area contributed by atoms with Crippen molar-refractivity contribution in [1.29, 1.82) is 0 Å². The lowest BCUT2D eigenvalue weighted by Gasteiger charge is -2.32. The van der Waals surface area contributed by atoms with Crippen LogP contribution in [0.1, 0.15) is 53.5 Å². The summed E-state index contributed by atoms with van der Waals surface area (Å²) in [4.78, 5) is 25.9. The van der Waals surface area contributed by atoms with Gasteiger partial charge in [0.2, 0.25) is 0 Å². The molecule has 1 heterocycles. The minimum Gasteiger partial charge on any atom is -0.462 e. The van der Waals surface area contributed by atoms with Gasteiger partial charge in [0.1, 0.15) is 5.75 Å². The number of benzene rings is 2. The van der Waals surface area contributed by atoms with Gasteiger partial charge in [-0.2, -0.15) is 0 Å². The minimum absolute atomic E-state index is 0.0475. The Labute approximate surface area is 157 Å². The molecule has 3 rings (SSSR count). The van der Waals surface area contributed by atoms with Crippen LogP contribution in [0.15, 0.2) is 47.4 Å². The number of rotatable bonds is 4. The molecule has 0 aliphatic carbocycles. The molecule has 0 N–H and O–H groups in total. The van der Waals surface area contributed by atoms with Crippen molar-refractivity contribution in [3.63, 3.8) is 0 Å². The first-order valence-electron chi connectivity index (χ1n) is 8.68. The topological polar surface area (TPSA) is 52.6 Å². The highest BCUT2D eigenvalue weighted by Gasteiger charge is 2.28. The summed E-state index contributed by atoms with van der Waals surface area (Å²) in [7, 11) is 0. The maximum absolute atomic E-state index is 12.6. The fourth-order valence-corrected chi connectivity index (χ4v) is 4.48. The van der Waals surface area contributed by atoms with E-state index in [-0.39, 0.29) is 23.1 Å². The second-order valence-electron chi connectivity index (χ2n) is 6.80. The molecule has 0 aromatic heterocycles. The first-order chi connectivity index (χ1) is 12.4. The molecule has 5 heteroatoms. The highest BCUT2D eigenvalue weighted by atomic mass is 32.2. The van der Waals surface area contributed by atoms with E-state index >= 15 is 0 Å². The third-order valence-electron chi connectivity index (χ3n) is 4.52. The van der Waals surface area contributed by atoms with E-state index < -0.39 is 11.9 Å². The lowest BCUT2D eigenvalue weighted by molar-refractivity contribution is 0.0517. The van der Waals surface area contributed by atoms with Crippen LogP contribution < -0.4 is 4.74 Å². The van der Waals surface area contributed by atoms with E-state index in [1.165, 1.54) is 10.5 Å². The Bertz CT molecular complexity index is 842. The smallest absolute Gasteiger partial charge is 0.344 e. The van der Waals surface area contributed by atoms with Gasteiger partial charge in [-0.3, -0.25) is 0 Å². The van der Waals surface area contributed by atoms with Gasteiger partial charge in [0, 0.05) is 4.90 Å². The van der Waals surface area contributed by atoms with Crippen molar-refractivity contribution in [2.45, 2.75) is 37.5 Å². The normalized spacial score (nSPS) is 15.0. The van der Waals surface area contributed by atoms with E-state index in [0.717, 1.165) is 12.2 Å². The molecule has 0 radical (unpaired) electrons. The van der Waals surface area contributed by atoms with Gasteiger partial charge in [-0.15, -0.1) is 11.8 Å². The molecule has 0 saturated heterocycles. The number of hydrogen-bond donors (Lipinski definition) is 0. The van der Waals surface area contributed by atoms with Crippen LogP contribution in [0, 0.1) is 0 Å². The maximum Gasteiger partial charge on any atom is 0.344 e. The van der Waals surface area contributed by atoms with Gasteiger partial charge in [0.15, 0.2) is 0 Å². The molecular weight excluding hydrogens is 348 g/mol. The van der Waals surface area contributed by atoms with Crippen LogP contribution in [0.2, 0.25) is 0 Å². The molecular formula is C21H22O4S. The largest absolute Gasteiger partial charge is 0.462 e. The van der Waals surface area contributed by atoms with Gasteiger partial charge in [-0.1, -0.05) is 26.0 Å². The summed E-state index contributed by atoms with van der Waals surface area (Å²) in [5.74, 6) is 0.493. The van der Waals surface area contributed by atoms with Crippen molar-refractivity contribution in [1.82, 2.24) is 0 Å². The van der Waals surface area contributed by atoms with Gasteiger partial charge in [0.05, 0.1) is 17.7 Å². The lowest BCUT2D eigenvalue weighted by atomic mass is 9.82. The summed E-state index contributed by atoms with van der Waals surface area (Å²) in [5, 5.41) is 0. The number of carbonyl (C=O) groups excluding carboxylic acids is 2. The zero-order valence-corrected chi connectivity index (χ0v) is 16.0. The Morgan fingerprint density at radius 3 is 2.46 bits per heavy atom. The fourth-order valence-electron chi connectivity index (χ4n) is 2.99. The highest BCUT2D eigenvalue weighted by molar-refractivity contribution is 7.99. The van der Waals surface area contributed by atoms with Gasteiger partial charge < -0.3 is 9.47 Å². The third kappa shape index (κ3) is 3.78. The van der Waals surface area contributed by atoms with E-state index in [4.69, 9.17) is 9.47 Å². The number of esters is 2. The van der Waals surface area contributed by atoms with Crippen molar-refractivity contribution in [3.05, 3.63) is 59.2 Å². The first kappa shape index (κ1) is 18.5. The molecule has 2 aromatic rings. The molecule has 0 saturated carbocycles. The number of hydrogen-bond acceptors (Lipinski definition) is 5. The third-order valence-corrected chi connectivity index (χ3v) is 5.59. The number of ether oxygens (including phenoxy) is 2. The van der Waals surface area contributed by atoms with Crippen LogP contribution >= 0.6 is 11.8 Å². The summed E-state index contributed by atoms with van der Waals surface area (Å²) < 4.78 is 10.6. The second kappa shape index (κ2) is 7.54. The average molecular weight is 370 g/mol. The van der Waals surface area contributed by atoms with E-state index in [0.29, 0.717) is 5.75 Å². The Morgan fingerprint density at radius 1 is 1.08 bits per heavy atom. The maximum atomic E-state index is 12.6. The summed E-state index contributed by atoms with van der Waals surface area (Å²) in [6, 6.07) is 12.3. The highest BCUT2D eigenvalue weighted by Crippen LogP contribution is 2.42. The van der Waals surface area contributed by atoms with Crippen molar-refractivity contribution in [2.24, 2.45) is 0 Å². The standard InChI is InChI=1S/C21H22O4S/c1-4-24-19(22)15-7-5-6-8-16(15)20(23)25-14-9-10-18-17(13-14)21(2,3)11-12-26-18/h5-10,13H,4,11-12H2,1-3H3. The Balaban J connectivity index is 1.87. The first-order valence-corrected chi connectivity index (χ1v) is 9.66. The van der Waals surface area contributed by atoms with Crippen molar-refractivity contribution in [3.8, 4) is 5.75 Å². The van der Waals surface area contributed by atoms with E-state index in [1.54, 1.807) is 37.3 Å². The molecule has 0 fully saturated rings. The molecule has 0 atom stereocenters. The van der Waals surface area contributed by atoms with E-state index in [1.807, 2.05) is 23.9 Å². The molecule has 0 spiro atoms. The number of thioether (sulfide) groups is 1. The molecule has 136 valence electrons. The summed E-state index contributed by atoms with van der Waals surface area (Å²) in [5.41, 5.74) is 1.66. The molecule has 0 unspecified atom stereocenters. The molecule has 26 heavy (non-hydrogen) atoms. The van der Waals surface area contributed by atoms with Crippen LogP contribution in [0.5, 0.6) is 5.75 Å². The lowest BCUT2D eigenvalue weighted by Crippen LogP contribution is -2.23. The Morgan fingerprint density at radius 2 is 1.77 bits per heavy atom. The van der Waals surface area contributed by atoms with Gasteiger partial charge in [-0.05, 0) is 60.4 Å². The van der Waals surface area contributed by atoms with Crippen LogP contribution in [0.25, 0.3) is 0 Å². The number of carbonyl (C=O) groups is 2. The second-order valence-corrected chi connectivity index (χ2v) is 7.93. The Hall–Kier alpha value is -2.27. The SMILES string of the molecule is CCOC(=O)c1ccccc1C(=O)Oc1ccc2c(c1)C(C)(C)CCS2. The van der Waals surface area contributed by atoms with E-state index in [2.05, 4.69) is 13.8 Å². The van der Waals surface area contributed by atoms with Crippen LogP contribution in [0.4, 0.5) is 0 Å². The molecule has 0 bridgehead atoms. The van der Waals surface area contributed by atoms with Crippen molar-refractivity contribution < 1.29 is 19.1 Å². The van der Waals surface area contributed by atoms with Crippen LogP contribution in [-0.4, -0.2) is 24.3 Å². The summed E-state index contributed by atoms with van der Waals surface area (Å²) >= 11 is 1.83. The predicted octanol–water partition coefficient (Wildman–Crippen LogP) is 4.86. The van der Waals surface area contributed by atoms with Crippen molar-refractivity contribution >= 4 is 23.7 Å².